The van der Waals surface area contributed by atoms with Gasteiger partial charge in [0.1, 0.15) is 28.6 Å². The van der Waals surface area contributed by atoms with Crippen molar-refractivity contribution in [2.45, 2.75) is 51.0 Å². The first-order valence-electron chi connectivity index (χ1n) is 16.0. The van der Waals surface area contributed by atoms with Crippen LogP contribution < -0.4 is 9.64 Å². The Hall–Kier alpha value is -4.21. The smallest absolute Gasteiger partial charge is 0.319 e. The average Bonchev–Trinajstić information content (AvgIpc) is 3.31. The second-order valence-corrected chi connectivity index (χ2v) is 12.7. The summed E-state index contributed by atoms with van der Waals surface area (Å²) in [4.78, 5) is 17.6. The predicted molar refractivity (Wildman–Crippen MR) is 170 cm³/mol. The van der Waals surface area contributed by atoms with E-state index < -0.39 is 18.1 Å². The number of hydrogen-bond donors (Lipinski definition) is 1. The number of aromatic nitrogens is 3. The van der Waals surface area contributed by atoms with E-state index in [0.717, 1.165) is 38.5 Å². The number of phenolic OH excluding ortho intramolecular Hbond substituents is 1. The van der Waals surface area contributed by atoms with Crippen molar-refractivity contribution in [3.8, 4) is 35.4 Å². The SMILES string of the molecule is C#Cc1c(F)ccc2cc(O)cc(-c3ncc4c(N5CCCOCC5)nc(OC[C@]56CCC[C@H]5N(CC(F)F)CCC6)nc4c3F)c12. The molecule has 3 fully saturated rings. The number of alkyl halides is 2. The van der Waals surface area contributed by atoms with E-state index in [1.165, 1.54) is 30.5 Å². The van der Waals surface area contributed by atoms with E-state index in [9.17, 15) is 18.3 Å². The average molecular weight is 650 g/mol. The Morgan fingerprint density at radius 2 is 1.94 bits per heavy atom. The Balaban J connectivity index is 1.34. The van der Waals surface area contributed by atoms with Crippen LogP contribution in [0.2, 0.25) is 0 Å². The third kappa shape index (κ3) is 5.80. The van der Waals surface area contributed by atoms with Gasteiger partial charge in [-0.3, -0.25) is 9.88 Å². The lowest BCUT2D eigenvalue weighted by Crippen LogP contribution is -2.53. The standard InChI is InChI=1S/C35H35F4N5O3/c1-2-23-26(36)8-7-21-16-22(45)17-24(29(21)23)31-30(39)32-25(18-40-31)33(43-12-5-14-46-15-13-43)42-34(41-32)47-20-35-9-3-6-27(35)44(11-4-10-35)19-28(37)38/h1,7-8,16-18,27-28,45H,3-6,9-15,19-20H2/t27-,35-/m1/s1. The Labute approximate surface area is 269 Å². The van der Waals surface area contributed by atoms with E-state index in [4.69, 9.17) is 20.9 Å². The lowest BCUT2D eigenvalue weighted by atomic mass is 9.75. The Morgan fingerprint density at radius 1 is 1.09 bits per heavy atom. The monoisotopic (exact) mass is 649 g/mol. The summed E-state index contributed by atoms with van der Waals surface area (Å²) in [6.45, 7) is 2.72. The highest BCUT2D eigenvalue weighted by Gasteiger charge is 2.49. The highest BCUT2D eigenvalue weighted by atomic mass is 19.3. The molecule has 0 radical (unpaired) electrons. The van der Waals surface area contributed by atoms with Gasteiger partial charge >= 0.3 is 6.01 Å². The fourth-order valence-corrected chi connectivity index (χ4v) is 7.84. The number of likely N-dealkylation sites (tertiary alicyclic amines) is 1. The number of benzene rings is 2. The summed E-state index contributed by atoms with van der Waals surface area (Å²) in [7, 11) is 0. The van der Waals surface area contributed by atoms with Gasteiger partial charge in [-0.25, -0.2) is 17.6 Å². The summed E-state index contributed by atoms with van der Waals surface area (Å²) < 4.78 is 70.4. The molecule has 2 atom stereocenters. The number of hydrogen-bond acceptors (Lipinski definition) is 8. The minimum absolute atomic E-state index is 0.0316. The second kappa shape index (κ2) is 12.8. The molecule has 0 unspecified atom stereocenters. The zero-order chi connectivity index (χ0) is 32.7. The largest absolute Gasteiger partial charge is 0.508 e. The number of halogens is 4. The first-order valence-corrected chi connectivity index (χ1v) is 16.0. The molecule has 1 aliphatic carbocycles. The number of pyridine rings is 1. The van der Waals surface area contributed by atoms with Gasteiger partial charge in [-0.2, -0.15) is 9.97 Å². The van der Waals surface area contributed by atoms with Crippen LogP contribution in [-0.2, 0) is 4.74 Å². The zero-order valence-corrected chi connectivity index (χ0v) is 25.8. The van der Waals surface area contributed by atoms with Crippen molar-refractivity contribution < 1.29 is 32.1 Å². The topological polar surface area (TPSA) is 83.8 Å². The van der Waals surface area contributed by atoms with Crippen molar-refractivity contribution in [1.29, 1.82) is 0 Å². The molecule has 2 saturated heterocycles. The van der Waals surface area contributed by atoms with Gasteiger partial charge in [0.05, 0.1) is 30.7 Å². The van der Waals surface area contributed by atoms with Crippen molar-refractivity contribution >= 4 is 27.5 Å². The number of phenols is 1. The van der Waals surface area contributed by atoms with E-state index in [0.29, 0.717) is 49.4 Å². The third-order valence-corrected chi connectivity index (χ3v) is 9.90. The van der Waals surface area contributed by atoms with Crippen molar-refractivity contribution in [2.75, 3.05) is 50.9 Å². The maximum Gasteiger partial charge on any atom is 0.319 e. The molecule has 8 nitrogen and oxygen atoms in total. The van der Waals surface area contributed by atoms with Crippen LogP contribution in [0.4, 0.5) is 23.4 Å². The second-order valence-electron chi connectivity index (χ2n) is 12.7. The molecule has 4 heterocycles. The number of aromatic hydroxyl groups is 1. The molecular weight excluding hydrogens is 614 g/mol. The molecule has 2 aromatic carbocycles. The summed E-state index contributed by atoms with van der Waals surface area (Å²) >= 11 is 0. The van der Waals surface area contributed by atoms with Crippen LogP contribution in [-0.4, -0.2) is 83.4 Å². The Kier molecular flexibility index (Phi) is 8.53. The van der Waals surface area contributed by atoms with E-state index in [2.05, 4.69) is 15.9 Å². The lowest BCUT2D eigenvalue weighted by molar-refractivity contribution is -0.0271. The molecule has 1 saturated carbocycles. The molecule has 3 aliphatic rings. The fraction of sp³-hybridized carbons (Fsp3) is 0.457. The minimum Gasteiger partial charge on any atom is -0.508 e. The molecule has 12 heteroatoms. The first-order chi connectivity index (χ1) is 22.8. The lowest BCUT2D eigenvalue weighted by Gasteiger charge is -2.46. The maximum atomic E-state index is 16.8. The van der Waals surface area contributed by atoms with E-state index in [-0.39, 0.29) is 64.1 Å². The summed E-state index contributed by atoms with van der Waals surface area (Å²) in [5.74, 6) is 1.16. The number of nitrogens with zero attached hydrogens (tertiary/aromatic N) is 5. The summed E-state index contributed by atoms with van der Waals surface area (Å²) in [6, 6.07) is 5.33. The third-order valence-electron chi connectivity index (χ3n) is 9.90. The number of rotatable bonds is 7. The van der Waals surface area contributed by atoms with Crippen LogP contribution in [0.1, 0.15) is 44.1 Å². The van der Waals surface area contributed by atoms with Crippen molar-refractivity contribution in [2.24, 2.45) is 5.41 Å². The van der Waals surface area contributed by atoms with Crippen molar-refractivity contribution in [1.82, 2.24) is 19.9 Å². The van der Waals surface area contributed by atoms with Gasteiger partial charge in [0.2, 0.25) is 0 Å². The fourth-order valence-electron chi connectivity index (χ4n) is 7.84. The zero-order valence-electron chi connectivity index (χ0n) is 25.8. The van der Waals surface area contributed by atoms with E-state index >= 15 is 4.39 Å². The molecule has 4 aromatic rings. The van der Waals surface area contributed by atoms with Crippen LogP contribution in [0.15, 0.2) is 30.5 Å². The number of terminal acetylenes is 1. The van der Waals surface area contributed by atoms with Crippen LogP contribution in [0.5, 0.6) is 11.8 Å². The van der Waals surface area contributed by atoms with Gasteiger partial charge in [0.15, 0.2) is 5.82 Å². The number of ether oxygens (including phenoxy) is 2. The summed E-state index contributed by atoms with van der Waals surface area (Å²) in [5.41, 5.74) is -0.514. The Morgan fingerprint density at radius 3 is 2.77 bits per heavy atom. The normalized spacial score (nSPS) is 22.0. The molecule has 1 N–H and O–H groups in total. The van der Waals surface area contributed by atoms with E-state index in [1.54, 1.807) is 0 Å². The van der Waals surface area contributed by atoms with Gasteiger partial charge in [-0.05, 0) is 62.2 Å². The van der Waals surface area contributed by atoms with Crippen LogP contribution in [0.3, 0.4) is 0 Å². The van der Waals surface area contributed by atoms with Crippen LogP contribution >= 0.6 is 0 Å². The van der Waals surface area contributed by atoms with Gasteiger partial charge < -0.3 is 19.5 Å². The molecule has 0 spiro atoms. The van der Waals surface area contributed by atoms with E-state index in [1.807, 2.05) is 9.80 Å². The van der Waals surface area contributed by atoms with Crippen molar-refractivity contribution in [3.05, 3.63) is 47.7 Å². The highest BCUT2D eigenvalue weighted by Crippen LogP contribution is 2.48. The van der Waals surface area contributed by atoms with Crippen LogP contribution in [0, 0.1) is 29.4 Å². The summed E-state index contributed by atoms with van der Waals surface area (Å²) in [6.07, 6.45) is 9.63. The Bertz CT molecular complexity index is 1860. The maximum absolute atomic E-state index is 16.8. The van der Waals surface area contributed by atoms with Gasteiger partial charge in [-0.1, -0.05) is 18.4 Å². The number of anilines is 1. The van der Waals surface area contributed by atoms with Crippen molar-refractivity contribution in [3.63, 3.8) is 0 Å². The minimum atomic E-state index is -2.42. The molecule has 2 aromatic heterocycles. The molecule has 246 valence electrons. The quantitative estimate of drug-likeness (QED) is 0.184. The first kappa shape index (κ1) is 31.4. The van der Waals surface area contributed by atoms with Gasteiger partial charge in [-0.15, -0.1) is 6.42 Å². The molecule has 47 heavy (non-hydrogen) atoms. The molecule has 0 amide bonds. The molecule has 0 bridgehead atoms. The van der Waals surface area contributed by atoms with Crippen LogP contribution in [0.25, 0.3) is 32.9 Å². The molecule has 2 aliphatic heterocycles. The molecular formula is C35H35F4N5O3. The van der Waals surface area contributed by atoms with Gasteiger partial charge in [0.25, 0.3) is 6.43 Å². The predicted octanol–water partition coefficient (Wildman–Crippen LogP) is 6.32. The van der Waals surface area contributed by atoms with Gasteiger partial charge in [0, 0.05) is 48.3 Å². The molecule has 7 rings (SSSR count). The number of piperidine rings is 1. The summed E-state index contributed by atoms with van der Waals surface area (Å²) in [5, 5.41) is 11.5. The number of fused-ring (bicyclic) bond motifs is 3. The highest BCUT2D eigenvalue weighted by molar-refractivity contribution is 6.03.